The molecule has 5 nitrogen and oxygen atoms in total. The van der Waals surface area contributed by atoms with Gasteiger partial charge in [-0.15, -0.1) is 0 Å². The van der Waals surface area contributed by atoms with Gasteiger partial charge in [-0.1, -0.05) is 71.0 Å². The first kappa shape index (κ1) is 24.8. The zero-order valence-corrected chi connectivity index (χ0v) is 21.8. The van der Waals surface area contributed by atoms with E-state index in [1.54, 1.807) is 7.11 Å². The van der Waals surface area contributed by atoms with E-state index in [4.69, 9.17) is 9.72 Å². The molecule has 1 aromatic heterocycles. The molecule has 0 saturated heterocycles. The van der Waals surface area contributed by atoms with Gasteiger partial charge in [0, 0.05) is 19.0 Å². The molecule has 184 valence electrons. The van der Waals surface area contributed by atoms with E-state index in [1.807, 2.05) is 29.2 Å². The molecule has 0 spiro atoms. The first-order valence-electron chi connectivity index (χ1n) is 12.6. The highest BCUT2D eigenvalue weighted by molar-refractivity contribution is 5.85. The van der Waals surface area contributed by atoms with Gasteiger partial charge in [-0.25, -0.2) is 4.98 Å². The fraction of sp³-hybridized carbons (Fsp3) is 0.400. The number of benzene rings is 3. The monoisotopic (exact) mass is 471 g/mol. The minimum Gasteiger partial charge on any atom is -0.497 e. The molecule has 4 rings (SSSR count). The molecule has 1 atom stereocenters. The van der Waals surface area contributed by atoms with Crippen LogP contribution < -0.4 is 4.74 Å². The summed E-state index contributed by atoms with van der Waals surface area (Å²) in [4.78, 5) is 20.6. The summed E-state index contributed by atoms with van der Waals surface area (Å²) in [6.45, 7) is 12.7. The second-order valence-corrected chi connectivity index (χ2v) is 10.3. The topological polar surface area (TPSA) is 47.4 Å². The van der Waals surface area contributed by atoms with Gasteiger partial charge in [0.2, 0.25) is 5.91 Å². The summed E-state index contributed by atoms with van der Waals surface area (Å²) >= 11 is 0. The third-order valence-corrected chi connectivity index (χ3v) is 6.46. The number of rotatable bonds is 9. The Bertz CT molecular complexity index is 1310. The molecule has 0 fully saturated rings. The summed E-state index contributed by atoms with van der Waals surface area (Å²) in [5, 5.41) is 2.30. The lowest BCUT2D eigenvalue weighted by molar-refractivity contribution is -0.132. The minimum atomic E-state index is 0.0327. The van der Waals surface area contributed by atoms with E-state index in [9.17, 15) is 4.79 Å². The van der Waals surface area contributed by atoms with Crippen LogP contribution in [-0.4, -0.2) is 40.6 Å². The summed E-state index contributed by atoms with van der Waals surface area (Å²) in [7, 11) is 1.69. The Morgan fingerprint density at radius 2 is 1.57 bits per heavy atom. The summed E-state index contributed by atoms with van der Waals surface area (Å²) in [5.41, 5.74) is 3.10. The normalized spacial score (nSPS) is 12.6. The maximum absolute atomic E-state index is 13.5. The second kappa shape index (κ2) is 10.5. The molecule has 0 saturated carbocycles. The number of para-hydroxylation sites is 2. The Labute approximate surface area is 208 Å². The standard InChI is InChI=1S/C30H37N3O2/c1-20(2)17-32(18-21(3)4)29(34)19-33-28-10-8-7-9-27(28)31-30(33)22(5)23-11-12-25-16-26(35-6)14-13-24(25)15-23/h7-16,20-22H,17-19H2,1-6H3. The van der Waals surface area contributed by atoms with Crippen molar-refractivity contribution in [2.75, 3.05) is 20.2 Å². The predicted octanol–water partition coefficient (Wildman–Crippen LogP) is 6.49. The van der Waals surface area contributed by atoms with Crippen molar-refractivity contribution in [2.45, 2.75) is 47.1 Å². The molecule has 0 bridgehead atoms. The molecule has 0 aliphatic heterocycles. The van der Waals surface area contributed by atoms with Crippen LogP contribution >= 0.6 is 0 Å². The maximum atomic E-state index is 13.5. The van der Waals surface area contributed by atoms with Crippen LogP contribution in [-0.2, 0) is 11.3 Å². The highest BCUT2D eigenvalue weighted by atomic mass is 16.5. The van der Waals surface area contributed by atoms with Gasteiger partial charge in [0.15, 0.2) is 0 Å². The zero-order valence-electron chi connectivity index (χ0n) is 21.8. The van der Waals surface area contributed by atoms with Crippen molar-refractivity contribution in [3.05, 3.63) is 72.1 Å². The molecular weight excluding hydrogens is 434 g/mol. The van der Waals surface area contributed by atoms with Crippen LogP contribution in [0.5, 0.6) is 5.75 Å². The van der Waals surface area contributed by atoms with E-state index in [2.05, 4.69) is 75.6 Å². The summed E-state index contributed by atoms with van der Waals surface area (Å²) in [6, 6.07) is 20.7. The number of carbonyl (C=O) groups excluding carboxylic acids is 1. The largest absolute Gasteiger partial charge is 0.497 e. The van der Waals surface area contributed by atoms with E-state index >= 15 is 0 Å². The van der Waals surface area contributed by atoms with Gasteiger partial charge >= 0.3 is 0 Å². The Balaban J connectivity index is 1.71. The molecule has 3 aromatic carbocycles. The fourth-order valence-electron chi connectivity index (χ4n) is 4.77. The summed E-state index contributed by atoms with van der Waals surface area (Å²) < 4.78 is 7.49. The number of nitrogens with zero attached hydrogens (tertiary/aromatic N) is 3. The third-order valence-electron chi connectivity index (χ3n) is 6.46. The SMILES string of the molecule is COc1ccc2cc(C(C)c3nc4ccccc4n3CC(=O)N(CC(C)C)CC(C)C)ccc2c1. The van der Waals surface area contributed by atoms with E-state index < -0.39 is 0 Å². The van der Waals surface area contributed by atoms with Crippen LogP contribution in [0.1, 0.15) is 51.9 Å². The lowest BCUT2D eigenvalue weighted by Gasteiger charge is -2.27. The minimum absolute atomic E-state index is 0.0327. The van der Waals surface area contributed by atoms with E-state index in [-0.39, 0.29) is 11.8 Å². The van der Waals surface area contributed by atoms with Crippen molar-refractivity contribution in [1.29, 1.82) is 0 Å². The molecule has 35 heavy (non-hydrogen) atoms. The lowest BCUT2D eigenvalue weighted by Crippen LogP contribution is -2.39. The first-order valence-corrected chi connectivity index (χ1v) is 12.6. The molecule has 1 unspecified atom stereocenters. The number of imidazole rings is 1. The highest BCUT2D eigenvalue weighted by Crippen LogP contribution is 2.30. The molecular formula is C30H37N3O2. The highest BCUT2D eigenvalue weighted by Gasteiger charge is 2.23. The Hall–Kier alpha value is -3.34. The number of hydrogen-bond acceptors (Lipinski definition) is 3. The quantitative estimate of drug-likeness (QED) is 0.280. The van der Waals surface area contributed by atoms with Crippen LogP contribution in [0.2, 0.25) is 0 Å². The number of carbonyl (C=O) groups is 1. The van der Waals surface area contributed by atoms with Gasteiger partial charge in [0.05, 0.1) is 18.1 Å². The molecule has 0 aliphatic rings. The molecule has 5 heteroatoms. The lowest BCUT2D eigenvalue weighted by atomic mass is 9.97. The summed E-state index contributed by atoms with van der Waals surface area (Å²) in [5.74, 6) is 2.80. The van der Waals surface area contributed by atoms with Gasteiger partial charge in [-0.2, -0.15) is 0 Å². The van der Waals surface area contributed by atoms with Crippen molar-refractivity contribution < 1.29 is 9.53 Å². The van der Waals surface area contributed by atoms with Crippen LogP contribution in [0.4, 0.5) is 0 Å². The Kier molecular flexibility index (Phi) is 7.44. The van der Waals surface area contributed by atoms with E-state index in [0.29, 0.717) is 18.4 Å². The van der Waals surface area contributed by atoms with Gasteiger partial charge in [0.25, 0.3) is 0 Å². The van der Waals surface area contributed by atoms with E-state index in [1.165, 1.54) is 5.56 Å². The van der Waals surface area contributed by atoms with Crippen LogP contribution in [0, 0.1) is 11.8 Å². The fourth-order valence-corrected chi connectivity index (χ4v) is 4.77. The van der Waals surface area contributed by atoms with Gasteiger partial charge in [-0.3, -0.25) is 4.79 Å². The van der Waals surface area contributed by atoms with Crippen molar-refractivity contribution in [1.82, 2.24) is 14.5 Å². The van der Waals surface area contributed by atoms with Crippen LogP contribution in [0.3, 0.4) is 0 Å². The number of aromatic nitrogens is 2. The average molecular weight is 472 g/mol. The number of hydrogen-bond donors (Lipinski definition) is 0. The molecule has 4 aromatic rings. The van der Waals surface area contributed by atoms with Crippen molar-refractivity contribution >= 4 is 27.7 Å². The average Bonchev–Trinajstić information content (AvgIpc) is 3.20. The zero-order chi connectivity index (χ0) is 25.1. The Morgan fingerprint density at radius 1 is 0.914 bits per heavy atom. The van der Waals surface area contributed by atoms with Crippen molar-refractivity contribution in [3.63, 3.8) is 0 Å². The second-order valence-electron chi connectivity index (χ2n) is 10.3. The first-order chi connectivity index (χ1) is 16.8. The maximum Gasteiger partial charge on any atom is 0.242 e. The predicted molar refractivity (Wildman–Crippen MR) is 144 cm³/mol. The molecule has 0 N–H and O–H groups in total. The van der Waals surface area contributed by atoms with Crippen molar-refractivity contribution in [3.8, 4) is 5.75 Å². The molecule has 1 amide bonds. The number of ether oxygens (including phenoxy) is 1. The molecule has 1 heterocycles. The summed E-state index contributed by atoms with van der Waals surface area (Å²) in [6.07, 6.45) is 0. The smallest absolute Gasteiger partial charge is 0.242 e. The Morgan fingerprint density at radius 3 is 2.26 bits per heavy atom. The van der Waals surface area contributed by atoms with Crippen LogP contribution in [0.15, 0.2) is 60.7 Å². The third kappa shape index (κ3) is 5.50. The number of amides is 1. The van der Waals surface area contributed by atoms with Crippen molar-refractivity contribution in [2.24, 2.45) is 11.8 Å². The van der Waals surface area contributed by atoms with Gasteiger partial charge in [0.1, 0.15) is 18.1 Å². The van der Waals surface area contributed by atoms with E-state index in [0.717, 1.165) is 46.5 Å². The number of fused-ring (bicyclic) bond motifs is 2. The number of methoxy groups -OCH3 is 1. The van der Waals surface area contributed by atoms with Crippen LogP contribution in [0.25, 0.3) is 21.8 Å². The molecule has 0 aliphatic carbocycles. The van der Waals surface area contributed by atoms with Gasteiger partial charge in [-0.05, 0) is 52.4 Å². The molecule has 0 radical (unpaired) electrons. The van der Waals surface area contributed by atoms with Gasteiger partial charge < -0.3 is 14.2 Å².